The zero-order chi connectivity index (χ0) is 13.9. The predicted molar refractivity (Wildman–Crippen MR) is 74.0 cm³/mol. The minimum Gasteiger partial charge on any atom is -0.497 e. The van der Waals surface area contributed by atoms with Crippen LogP contribution in [0.2, 0.25) is 0 Å². The lowest BCUT2D eigenvalue weighted by Gasteiger charge is -2.08. The van der Waals surface area contributed by atoms with Crippen LogP contribution in [0.5, 0.6) is 5.75 Å². The number of ether oxygens (including phenoxy) is 1. The molecule has 0 atom stereocenters. The summed E-state index contributed by atoms with van der Waals surface area (Å²) in [6, 6.07) is 9.86. The number of hydrogen-bond acceptors (Lipinski definition) is 4. The van der Waals surface area contributed by atoms with E-state index in [4.69, 9.17) is 4.74 Å². The Morgan fingerprint density at radius 3 is 2.65 bits per heavy atom. The van der Waals surface area contributed by atoms with Crippen molar-refractivity contribution >= 4 is 0 Å². The average Bonchev–Trinajstić information content (AvgIpc) is 3.09. The van der Waals surface area contributed by atoms with Gasteiger partial charge in [-0.3, -0.25) is 0 Å². The van der Waals surface area contributed by atoms with Gasteiger partial charge in [-0.05, 0) is 37.3 Å². The standard InChI is InChI=1S/C14H15N5O/c1-11-7-13(8-18-10-15-9-16-18)19(17-11)12-3-5-14(20-2)6-4-12/h3-7,9-10H,8H2,1-2H3. The highest BCUT2D eigenvalue weighted by molar-refractivity contribution is 5.38. The second-order valence-corrected chi connectivity index (χ2v) is 4.48. The summed E-state index contributed by atoms with van der Waals surface area (Å²) in [6.45, 7) is 2.61. The fourth-order valence-corrected chi connectivity index (χ4v) is 2.09. The Morgan fingerprint density at radius 2 is 2.00 bits per heavy atom. The van der Waals surface area contributed by atoms with Crippen molar-refractivity contribution in [3.63, 3.8) is 0 Å². The molecule has 0 radical (unpaired) electrons. The molecule has 0 aliphatic carbocycles. The van der Waals surface area contributed by atoms with E-state index in [0.29, 0.717) is 6.54 Å². The first-order valence-electron chi connectivity index (χ1n) is 6.28. The van der Waals surface area contributed by atoms with Crippen molar-refractivity contribution in [3.05, 3.63) is 54.4 Å². The largest absolute Gasteiger partial charge is 0.497 e. The molecule has 20 heavy (non-hydrogen) atoms. The monoisotopic (exact) mass is 269 g/mol. The van der Waals surface area contributed by atoms with Crippen molar-refractivity contribution in [1.82, 2.24) is 24.5 Å². The van der Waals surface area contributed by atoms with Gasteiger partial charge in [0.2, 0.25) is 0 Å². The van der Waals surface area contributed by atoms with Crippen molar-refractivity contribution < 1.29 is 4.74 Å². The third-order valence-electron chi connectivity index (χ3n) is 3.01. The zero-order valence-corrected chi connectivity index (χ0v) is 11.4. The molecule has 2 heterocycles. The minimum absolute atomic E-state index is 0.632. The normalized spacial score (nSPS) is 10.7. The first-order chi connectivity index (χ1) is 9.76. The van der Waals surface area contributed by atoms with Crippen molar-refractivity contribution in [2.75, 3.05) is 7.11 Å². The van der Waals surface area contributed by atoms with E-state index in [2.05, 4.69) is 15.2 Å². The number of aryl methyl sites for hydroxylation is 1. The van der Waals surface area contributed by atoms with E-state index in [0.717, 1.165) is 22.8 Å². The molecule has 0 aliphatic heterocycles. The van der Waals surface area contributed by atoms with E-state index in [1.165, 1.54) is 6.33 Å². The van der Waals surface area contributed by atoms with Gasteiger partial charge in [0.1, 0.15) is 18.4 Å². The van der Waals surface area contributed by atoms with Crippen molar-refractivity contribution in [1.29, 1.82) is 0 Å². The van der Waals surface area contributed by atoms with Gasteiger partial charge in [0.15, 0.2) is 0 Å². The average molecular weight is 269 g/mol. The van der Waals surface area contributed by atoms with Gasteiger partial charge in [0.25, 0.3) is 0 Å². The lowest BCUT2D eigenvalue weighted by atomic mass is 10.3. The summed E-state index contributed by atoms with van der Waals surface area (Å²) in [7, 11) is 1.66. The molecular formula is C14H15N5O. The Bertz CT molecular complexity index is 685. The number of nitrogens with zero attached hydrogens (tertiary/aromatic N) is 5. The van der Waals surface area contributed by atoms with Crippen molar-refractivity contribution in [2.24, 2.45) is 0 Å². The minimum atomic E-state index is 0.632. The Kier molecular flexibility index (Phi) is 3.20. The van der Waals surface area contributed by atoms with E-state index in [1.54, 1.807) is 18.1 Å². The van der Waals surface area contributed by atoms with Crippen LogP contribution in [0.4, 0.5) is 0 Å². The lowest BCUT2D eigenvalue weighted by Crippen LogP contribution is -2.07. The third-order valence-corrected chi connectivity index (χ3v) is 3.01. The van der Waals surface area contributed by atoms with E-state index >= 15 is 0 Å². The summed E-state index contributed by atoms with van der Waals surface area (Å²) in [5.41, 5.74) is 3.02. The molecule has 0 aliphatic rings. The van der Waals surface area contributed by atoms with Gasteiger partial charge in [0, 0.05) is 0 Å². The molecule has 3 rings (SSSR count). The maximum absolute atomic E-state index is 5.17. The SMILES string of the molecule is COc1ccc(-n2nc(C)cc2Cn2cncn2)cc1. The quantitative estimate of drug-likeness (QED) is 0.725. The van der Waals surface area contributed by atoms with E-state index in [-0.39, 0.29) is 0 Å². The molecule has 1 aromatic carbocycles. The highest BCUT2D eigenvalue weighted by Gasteiger charge is 2.08. The molecule has 102 valence electrons. The van der Waals surface area contributed by atoms with E-state index < -0.39 is 0 Å². The molecule has 2 aromatic heterocycles. The Balaban J connectivity index is 1.95. The van der Waals surface area contributed by atoms with Gasteiger partial charge in [-0.1, -0.05) is 0 Å². The molecule has 0 fully saturated rings. The highest BCUT2D eigenvalue weighted by atomic mass is 16.5. The number of methoxy groups -OCH3 is 1. The second-order valence-electron chi connectivity index (χ2n) is 4.48. The van der Waals surface area contributed by atoms with E-state index in [9.17, 15) is 0 Å². The molecule has 6 nitrogen and oxygen atoms in total. The molecule has 0 amide bonds. The number of hydrogen-bond donors (Lipinski definition) is 0. The maximum Gasteiger partial charge on any atom is 0.137 e. The summed E-state index contributed by atoms with van der Waals surface area (Å²) in [5.74, 6) is 0.829. The van der Waals surface area contributed by atoms with Crippen LogP contribution in [0.15, 0.2) is 43.0 Å². The molecule has 6 heteroatoms. The van der Waals surface area contributed by atoms with Gasteiger partial charge < -0.3 is 4.74 Å². The first-order valence-corrected chi connectivity index (χ1v) is 6.28. The summed E-state index contributed by atoms with van der Waals surface area (Å²) in [6.07, 6.45) is 3.22. The second kappa shape index (κ2) is 5.16. The molecule has 0 bridgehead atoms. The number of rotatable bonds is 4. The Hall–Kier alpha value is -2.63. The van der Waals surface area contributed by atoms with Gasteiger partial charge in [0.05, 0.1) is 30.7 Å². The predicted octanol–water partition coefficient (Wildman–Crippen LogP) is 1.83. The van der Waals surface area contributed by atoms with Crippen LogP contribution in [-0.4, -0.2) is 31.7 Å². The molecule has 0 unspecified atom stereocenters. The molecule has 0 saturated heterocycles. The summed E-state index contributed by atoms with van der Waals surface area (Å²) in [4.78, 5) is 3.96. The smallest absolute Gasteiger partial charge is 0.137 e. The number of aromatic nitrogens is 5. The van der Waals surface area contributed by atoms with Crippen LogP contribution in [-0.2, 0) is 6.54 Å². The van der Waals surface area contributed by atoms with Crippen LogP contribution in [0.1, 0.15) is 11.4 Å². The summed E-state index contributed by atoms with van der Waals surface area (Å²) in [5, 5.41) is 8.66. The highest BCUT2D eigenvalue weighted by Crippen LogP contribution is 2.17. The topological polar surface area (TPSA) is 57.8 Å². The molecule has 0 N–H and O–H groups in total. The zero-order valence-electron chi connectivity index (χ0n) is 11.4. The first kappa shape index (κ1) is 12.4. The number of benzene rings is 1. The molecule has 0 saturated carbocycles. The molecular weight excluding hydrogens is 254 g/mol. The Labute approximate surface area is 116 Å². The van der Waals surface area contributed by atoms with Crippen LogP contribution in [0, 0.1) is 6.92 Å². The Morgan fingerprint density at radius 1 is 1.20 bits per heavy atom. The van der Waals surface area contributed by atoms with Gasteiger partial charge in [-0.25, -0.2) is 14.3 Å². The van der Waals surface area contributed by atoms with Crippen LogP contribution >= 0.6 is 0 Å². The van der Waals surface area contributed by atoms with Crippen LogP contribution < -0.4 is 4.74 Å². The maximum atomic E-state index is 5.17. The van der Waals surface area contributed by atoms with Gasteiger partial charge in [-0.2, -0.15) is 10.2 Å². The van der Waals surface area contributed by atoms with E-state index in [1.807, 2.05) is 41.9 Å². The summed E-state index contributed by atoms with van der Waals surface area (Å²) < 4.78 is 8.86. The van der Waals surface area contributed by atoms with Crippen molar-refractivity contribution in [3.8, 4) is 11.4 Å². The van der Waals surface area contributed by atoms with Crippen molar-refractivity contribution in [2.45, 2.75) is 13.5 Å². The van der Waals surface area contributed by atoms with Gasteiger partial charge >= 0.3 is 0 Å². The molecule has 0 spiro atoms. The van der Waals surface area contributed by atoms with Gasteiger partial charge in [-0.15, -0.1) is 0 Å². The van der Waals surface area contributed by atoms with Crippen LogP contribution in [0.25, 0.3) is 5.69 Å². The summed E-state index contributed by atoms with van der Waals surface area (Å²) >= 11 is 0. The fraction of sp³-hybridized carbons (Fsp3) is 0.214. The fourth-order valence-electron chi connectivity index (χ4n) is 2.09. The van der Waals surface area contributed by atoms with Crippen LogP contribution in [0.3, 0.4) is 0 Å². The third kappa shape index (κ3) is 2.40. The lowest BCUT2D eigenvalue weighted by molar-refractivity contribution is 0.414. The molecule has 3 aromatic rings.